The van der Waals surface area contributed by atoms with Gasteiger partial charge in [0.2, 0.25) is 5.78 Å². The Hall–Kier alpha value is -3.48. The van der Waals surface area contributed by atoms with Gasteiger partial charge in [-0.25, -0.2) is 4.79 Å². The zero-order valence-corrected chi connectivity index (χ0v) is 15.7. The molecule has 0 aliphatic carbocycles. The number of hydrogen-bond donors (Lipinski definition) is 0. The molecular weight excluding hydrogens is 362 g/mol. The van der Waals surface area contributed by atoms with E-state index in [4.69, 9.17) is 9.47 Å². The van der Waals surface area contributed by atoms with Crippen molar-refractivity contribution in [2.45, 2.75) is 26.0 Å². The monoisotopic (exact) mass is 381 g/mol. The molecule has 7 heteroatoms. The van der Waals surface area contributed by atoms with Gasteiger partial charge in [0.15, 0.2) is 6.10 Å². The number of esters is 1. The molecule has 1 aliphatic heterocycles. The molecule has 28 heavy (non-hydrogen) atoms. The molecule has 2 atom stereocenters. The van der Waals surface area contributed by atoms with E-state index in [0.717, 1.165) is 4.90 Å². The van der Waals surface area contributed by atoms with Gasteiger partial charge in [-0.3, -0.25) is 19.3 Å². The Bertz CT molecular complexity index is 915. The molecule has 1 aliphatic rings. The number of methoxy groups -OCH3 is 1. The molecule has 0 radical (unpaired) electrons. The Balaban J connectivity index is 1.69. The number of carbonyl (C=O) groups excluding carboxylic acids is 4. The normalized spacial score (nSPS) is 15.0. The average molecular weight is 381 g/mol. The van der Waals surface area contributed by atoms with Gasteiger partial charge in [-0.2, -0.15) is 0 Å². The van der Waals surface area contributed by atoms with Crippen LogP contribution >= 0.6 is 0 Å². The number of ketones is 1. The van der Waals surface area contributed by atoms with E-state index in [-0.39, 0.29) is 11.1 Å². The van der Waals surface area contributed by atoms with Crippen LogP contribution in [0, 0.1) is 0 Å². The van der Waals surface area contributed by atoms with Crippen molar-refractivity contribution in [3.63, 3.8) is 0 Å². The maximum Gasteiger partial charge on any atom is 0.329 e. The van der Waals surface area contributed by atoms with Gasteiger partial charge in [-0.15, -0.1) is 0 Å². The standard InChI is InChI=1S/C21H19NO6/c1-12(22-19(24)16-6-4-5-7-17(16)20(22)25)21(26)28-13(2)18(23)14-8-10-15(27-3)11-9-14/h4-13H,1-3H3/t12-,13-/m1/s1. The summed E-state index contributed by atoms with van der Waals surface area (Å²) in [6.07, 6.45) is -1.07. The van der Waals surface area contributed by atoms with E-state index in [9.17, 15) is 19.2 Å². The first kappa shape index (κ1) is 19.3. The fourth-order valence-corrected chi connectivity index (χ4v) is 2.98. The van der Waals surface area contributed by atoms with Crippen molar-refractivity contribution in [3.8, 4) is 5.75 Å². The van der Waals surface area contributed by atoms with Crippen LogP contribution in [0.1, 0.15) is 44.9 Å². The van der Waals surface area contributed by atoms with Gasteiger partial charge < -0.3 is 9.47 Å². The van der Waals surface area contributed by atoms with Crippen LogP contribution in [0.15, 0.2) is 48.5 Å². The molecule has 144 valence electrons. The van der Waals surface area contributed by atoms with Gasteiger partial charge >= 0.3 is 5.97 Å². The van der Waals surface area contributed by atoms with Crippen molar-refractivity contribution in [1.82, 2.24) is 4.90 Å². The second kappa shape index (κ2) is 7.64. The lowest BCUT2D eigenvalue weighted by atomic mass is 10.1. The molecule has 2 aromatic rings. The number of imide groups is 1. The van der Waals surface area contributed by atoms with Crippen molar-refractivity contribution in [2.75, 3.05) is 7.11 Å². The van der Waals surface area contributed by atoms with E-state index in [1.165, 1.54) is 33.1 Å². The minimum Gasteiger partial charge on any atom is -0.497 e. The van der Waals surface area contributed by atoms with Gasteiger partial charge in [0.1, 0.15) is 11.8 Å². The summed E-state index contributed by atoms with van der Waals surface area (Å²) in [5.74, 6) is -1.74. The second-order valence-electron chi connectivity index (χ2n) is 6.37. The van der Waals surface area contributed by atoms with Crippen LogP contribution in [-0.2, 0) is 9.53 Å². The number of ether oxygens (including phenoxy) is 2. The number of rotatable bonds is 6. The lowest BCUT2D eigenvalue weighted by Crippen LogP contribution is -2.45. The third-order valence-corrected chi connectivity index (χ3v) is 4.59. The Morgan fingerprint density at radius 2 is 1.43 bits per heavy atom. The van der Waals surface area contributed by atoms with Crippen molar-refractivity contribution in [3.05, 3.63) is 65.2 Å². The summed E-state index contributed by atoms with van der Waals surface area (Å²) in [7, 11) is 1.52. The Labute approximate surface area is 161 Å². The second-order valence-corrected chi connectivity index (χ2v) is 6.37. The van der Waals surface area contributed by atoms with Crippen molar-refractivity contribution in [2.24, 2.45) is 0 Å². The van der Waals surface area contributed by atoms with Gasteiger partial charge in [0.25, 0.3) is 11.8 Å². The number of benzene rings is 2. The van der Waals surface area contributed by atoms with Gasteiger partial charge in [-0.1, -0.05) is 12.1 Å². The van der Waals surface area contributed by atoms with Crippen LogP contribution in [0.4, 0.5) is 0 Å². The molecule has 0 bridgehead atoms. The largest absolute Gasteiger partial charge is 0.497 e. The molecule has 2 amide bonds. The molecule has 0 saturated carbocycles. The van der Waals surface area contributed by atoms with E-state index >= 15 is 0 Å². The predicted molar refractivity (Wildman–Crippen MR) is 99.3 cm³/mol. The van der Waals surface area contributed by atoms with Crippen LogP contribution in [0.2, 0.25) is 0 Å². The average Bonchev–Trinajstić information content (AvgIpc) is 2.97. The number of nitrogens with zero attached hydrogens (tertiary/aromatic N) is 1. The first-order valence-electron chi connectivity index (χ1n) is 8.70. The molecule has 1 heterocycles. The number of fused-ring (bicyclic) bond motifs is 1. The molecule has 0 spiro atoms. The highest BCUT2D eigenvalue weighted by atomic mass is 16.5. The summed E-state index contributed by atoms with van der Waals surface area (Å²) in [5, 5.41) is 0. The molecule has 0 unspecified atom stereocenters. The lowest BCUT2D eigenvalue weighted by molar-refractivity contribution is -0.150. The molecule has 3 rings (SSSR count). The van der Waals surface area contributed by atoms with E-state index in [2.05, 4.69) is 0 Å². The quantitative estimate of drug-likeness (QED) is 0.434. The fourth-order valence-electron chi connectivity index (χ4n) is 2.98. The van der Waals surface area contributed by atoms with Crippen LogP contribution in [0.3, 0.4) is 0 Å². The van der Waals surface area contributed by atoms with Gasteiger partial charge in [0.05, 0.1) is 18.2 Å². The Morgan fingerprint density at radius 3 is 1.93 bits per heavy atom. The summed E-state index contributed by atoms with van der Waals surface area (Å²) in [6, 6.07) is 11.6. The third kappa shape index (κ3) is 3.38. The lowest BCUT2D eigenvalue weighted by Gasteiger charge is -2.22. The first-order chi connectivity index (χ1) is 13.3. The summed E-state index contributed by atoms with van der Waals surface area (Å²) in [5.41, 5.74) is 0.846. The number of carbonyl (C=O) groups is 4. The topological polar surface area (TPSA) is 90.0 Å². The van der Waals surface area contributed by atoms with Crippen LogP contribution in [0.25, 0.3) is 0 Å². The third-order valence-electron chi connectivity index (χ3n) is 4.59. The molecule has 2 aromatic carbocycles. The van der Waals surface area contributed by atoms with Crippen molar-refractivity contribution >= 4 is 23.6 Å². The zero-order chi connectivity index (χ0) is 20.4. The molecule has 0 N–H and O–H groups in total. The van der Waals surface area contributed by atoms with E-state index in [0.29, 0.717) is 11.3 Å². The van der Waals surface area contributed by atoms with Crippen molar-refractivity contribution in [1.29, 1.82) is 0 Å². The minimum absolute atomic E-state index is 0.245. The summed E-state index contributed by atoms with van der Waals surface area (Å²) >= 11 is 0. The maximum atomic E-state index is 12.5. The first-order valence-corrected chi connectivity index (χ1v) is 8.70. The van der Waals surface area contributed by atoms with E-state index < -0.39 is 35.7 Å². The molecular formula is C21H19NO6. The van der Waals surface area contributed by atoms with Gasteiger partial charge in [-0.05, 0) is 50.2 Å². The zero-order valence-electron chi connectivity index (χ0n) is 15.7. The Kier molecular flexibility index (Phi) is 5.26. The highest BCUT2D eigenvalue weighted by Gasteiger charge is 2.41. The van der Waals surface area contributed by atoms with Crippen LogP contribution in [0.5, 0.6) is 5.75 Å². The number of amides is 2. The van der Waals surface area contributed by atoms with E-state index in [1.807, 2.05) is 0 Å². The highest BCUT2D eigenvalue weighted by Crippen LogP contribution is 2.25. The summed E-state index contributed by atoms with van der Waals surface area (Å²) < 4.78 is 10.3. The smallest absolute Gasteiger partial charge is 0.329 e. The summed E-state index contributed by atoms with van der Waals surface area (Å²) in [4.78, 5) is 50.7. The number of Topliss-reactive ketones (excluding diaryl/α,β-unsaturated/α-hetero) is 1. The molecule has 0 saturated heterocycles. The summed E-state index contributed by atoms with van der Waals surface area (Å²) in [6.45, 7) is 2.84. The molecule has 0 aromatic heterocycles. The number of hydrogen-bond acceptors (Lipinski definition) is 6. The maximum absolute atomic E-state index is 12.5. The highest BCUT2D eigenvalue weighted by molar-refractivity contribution is 6.22. The van der Waals surface area contributed by atoms with Crippen molar-refractivity contribution < 1.29 is 28.7 Å². The molecule has 0 fully saturated rings. The molecule has 7 nitrogen and oxygen atoms in total. The van der Waals surface area contributed by atoms with Crippen LogP contribution < -0.4 is 4.74 Å². The Morgan fingerprint density at radius 1 is 0.893 bits per heavy atom. The van der Waals surface area contributed by atoms with E-state index in [1.54, 1.807) is 36.4 Å². The predicted octanol–water partition coefficient (Wildman–Crippen LogP) is 2.49. The van der Waals surface area contributed by atoms with Crippen LogP contribution in [-0.4, -0.2) is 47.7 Å². The minimum atomic E-state index is -1.15. The fraction of sp³-hybridized carbons (Fsp3) is 0.238. The SMILES string of the molecule is COc1ccc(C(=O)[C@@H](C)OC(=O)[C@@H](C)N2C(=O)c3ccccc3C2=O)cc1. The van der Waals surface area contributed by atoms with Gasteiger partial charge in [0, 0.05) is 5.56 Å².